The van der Waals surface area contributed by atoms with Gasteiger partial charge in [-0.3, -0.25) is 19.3 Å². The molecule has 0 bridgehead atoms. The molecule has 2 N–H and O–H groups in total. The van der Waals surface area contributed by atoms with Crippen molar-refractivity contribution in [1.82, 2.24) is 10.2 Å². The van der Waals surface area contributed by atoms with E-state index in [1.165, 1.54) is 24.3 Å². The molecule has 0 atom stereocenters. The van der Waals surface area contributed by atoms with Crippen molar-refractivity contribution in [2.75, 3.05) is 25.1 Å². The summed E-state index contributed by atoms with van der Waals surface area (Å²) in [6, 6.07) is 5.59. The summed E-state index contributed by atoms with van der Waals surface area (Å²) in [5.41, 5.74) is -0.162. The van der Waals surface area contributed by atoms with Crippen LogP contribution in [0.3, 0.4) is 0 Å². The normalized spacial score (nSPS) is 14.8. The average molecular weight is 419 g/mol. The number of hydrogen-bond acceptors (Lipinski definition) is 7. The van der Waals surface area contributed by atoms with Gasteiger partial charge in [0.05, 0.1) is 12.2 Å². The third kappa shape index (κ3) is 6.03. The van der Waals surface area contributed by atoms with E-state index in [4.69, 9.17) is 9.47 Å². The summed E-state index contributed by atoms with van der Waals surface area (Å²) in [4.78, 5) is 60.1. The summed E-state index contributed by atoms with van der Waals surface area (Å²) in [5.74, 6) is -1.97. The number of esters is 2. The molecule has 0 aromatic heterocycles. The van der Waals surface area contributed by atoms with E-state index in [1.54, 1.807) is 20.8 Å². The number of nitrogens with zero attached hydrogens (tertiary/aromatic N) is 1. The molecule has 0 saturated carbocycles. The third-order valence-electron chi connectivity index (χ3n) is 4.25. The Morgan fingerprint density at radius 3 is 2.33 bits per heavy atom. The van der Waals surface area contributed by atoms with Gasteiger partial charge in [-0.1, -0.05) is 0 Å². The number of amides is 4. The Morgan fingerprint density at radius 1 is 1.10 bits per heavy atom. The highest BCUT2D eigenvalue weighted by molar-refractivity contribution is 6.06. The molecule has 1 saturated heterocycles. The maximum absolute atomic E-state index is 12.0. The van der Waals surface area contributed by atoms with Gasteiger partial charge in [0.1, 0.15) is 5.54 Å². The molecule has 1 aliphatic heterocycles. The van der Waals surface area contributed by atoms with Gasteiger partial charge in [0.15, 0.2) is 6.61 Å². The fraction of sp³-hybridized carbons (Fsp3) is 0.450. The first kappa shape index (κ1) is 22.9. The van der Waals surface area contributed by atoms with Crippen molar-refractivity contribution >= 4 is 35.5 Å². The van der Waals surface area contributed by atoms with Crippen LogP contribution >= 0.6 is 0 Å². The van der Waals surface area contributed by atoms with Gasteiger partial charge in [0.2, 0.25) is 0 Å². The standard InChI is InChI=1S/C20H25N3O7/c1-4-29-17(26)13-7-9-14(10-8-13)21-15(24)12-30-16(25)6-5-11-23-18(27)20(2,3)22-19(23)28/h7-10H,4-6,11-12H2,1-3H3,(H,21,24)(H,22,28). The Morgan fingerprint density at radius 2 is 1.77 bits per heavy atom. The predicted molar refractivity (Wildman–Crippen MR) is 106 cm³/mol. The zero-order valence-corrected chi connectivity index (χ0v) is 17.1. The lowest BCUT2D eigenvalue weighted by Gasteiger charge is -2.15. The molecule has 4 amide bonds. The molecule has 0 spiro atoms. The number of nitrogens with one attached hydrogen (secondary N) is 2. The smallest absolute Gasteiger partial charge is 0.338 e. The van der Waals surface area contributed by atoms with Gasteiger partial charge in [-0.05, 0) is 51.5 Å². The molecular weight excluding hydrogens is 394 g/mol. The molecule has 1 aromatic rings. The zero-order chi connectivity index (χ0) is 22.3. The van der Waals surface area contributed by atoms with Crippen molar-refractivity contribution in [2.45, 2.75) is 39.2 Å². The highest BCUT2D eigenvalue weighted by Crippen LogP contribution is 2.17. The van der Waals surface area contributed by atoms with Crippen LogP contribution in [0.15, 0.2) is 24.3 Å². The summed E-state index contributed by atoms with van der Waals surface area (Å²) in [5, 5.41) is 5.10. The Hall–Kier alpha value is -3.43. The van der Waals surface area contributed by atoms with Crippen molar-refractivity contribution in [3.8, 4) is 0 Å². The molecule has 30 heavy (non-hydrogen) atoms. The van der Waals surface area contributed by atoms with Crippen molar-refractivity contribution in [2.24, 2.45) is 0 Å². The third-order valence-corrected chi connectivity index (χ3v) is 4.25. The fourth-order valence-corrected chi connectivity index (χ4v) is 2.72. The van der Waals surface area contributed by atoms with E-state index in [0.29, 0.717) is 11.3 Å². The van der Waals surface area contributed by atoms with Crippen molar-refractivity contribution in [3.05, 3.63) is 29.8 Å². The van der Waals surface area contributed by atoms with Crippen molar-refractivity contribution in [3.63, 3.8) is 0 Å². The van der Waals surface area contributed by atoms with Gasteiger partial charge in [0, 0.05) is 18.7 Å². The van der Waals surface area contributed by atoms with Crippen LogP contribution in [-0.4, -0.2) is 60.0 Å². The summed E-state index contributed by atoms with van der Waals surface area (Å²) in [7, 11) is 0. The van der Waals surface area contributed by atoms with Crippen molar-refractivity contribution < 1.29 is 33.4 Å². The fourth-order valence-electron chi connectivity index (χ4n) is 2.72. The first-order valence-electron chi connectivity index (χ1n) is 9.51. The lowest BCUT2D eigenvalue weighted by Crippen LogP contribution is -2.40. The quantitative estimate of drug-likeness (QED) is 0.457. The summed E-state index contributed by atoms with van der Waals surface area (Å²) in [6.07, 6.45) is 0.185. The number of carbonyl (C=O) groups excluding carboxylic acids is 5. The number of imide groups is 1. The molecule has 0 aliphatic carbocycles. The van der Waals surface area contributed by atoms with Crippen LogP contribution < -0.4 is 10.6 Å². The molecule has 2 rings (SSSR count). The summed E-state index contributed by atoms with van der Waals surface area (Å²) in [6.45, 7) is 4.78. The number of ether oxygens (including phenoxy) is 2. The molecule has 1 heterocycles. The molecule has 1 aliphatic rings. The van der Waals surface area contributed by atoms with Crippen molar-refractivity contribution in [1.29, 1.82) is 0 Å². The number of anilines is 1. The minimum Gasteiger partial charge on any atom is -0.462 e. The Kier molecular flexibility index (Phi) is 7.51. The Bertz CT molecular complexity index is 833. The lowest BCUT2D eigenvalue weighted by atomic mass is 10.1. The Labute approximate surface area is 173 Å². The van der Waals surface area contributed by atoms with Crippen LogP contribution in [0, 0.1) is 0 Å². The molecule has 1 aromatic carbocycles. The monoisotopic (exact) mass is 419 g/mol. The van der Waals surface area contributed by atoms with Crippen LogP contribution in [0.1, 0.15) is 44.0 Å². The molecule has 1 fully saturated rings. The molecule has 10 nitrogen and oxygen atoms in total. The van der Waals surface area contributed by atoms with E-state index in [0.717, 1.165) is 4.90 Å². The topological polar surface area (TPSA) is 131 Å². The number of hydrogen-bond donors (Lipinski definition) is 2. The minimum atomic E-state index is -0.954. The number of benzene rings is 1. The summed E-state index contributed by atoms with van der Waals surface area (Å²) < 4.78 is 9.77. The van der Waals surface area contributed by atoms with Gasteiger partial charge < -0.3 is 20.1 Å². The highest BCUT2D eigenvalue weighted by Gasteiger charge is 2.43. The van der Waals surface area contributed by atoms with Crippen LogP contribution in [0.5, 0.6) is 0 Å². The van der Waals surface area contributed by atoms with E-state index in [1.807, 2.05) is 0 Å². The van der Waals surface area contributed by atoms with Crippen LogP contribution in [0.2, 0.25) is 0 Å². The highest BCUT2D eigenvalue weighted by atomic mass is 16.5. The maximum Gasteiger partial charge on any atom is 0.338 e. The van der Waals surface area contributed by atoms with Gasteiger partial charge in [-0.25, -0.2) is 9.59 Å². The Balaban J connectivity index is 1.69. The maximum atomic E-state index is 12.0. The molecule has 0 radical (unpaired) electrons. The number of rotatable bonds is 9. The van der Waals surface area contributed by atoms with Crippen LogP contribution in [0.25, 0.3) is 0 Å². The van der Waals surface area contributed by atoms with Gasteiger partial charge >= 0.3 is 18.0 Å². The van der Waals surface area contributed by atoms with E-state index in [-0.39, 0.29) is 31.9 Å². The largest absolute Gasteiger partial charge is 0.462 e. The second-order valence-electron chi connectivity index (χ2n) is 7.12. The van der Waals surface area contributed by atoms with Gasteiger partial charge in [-0.15, -0.1) is 0 Å². The predicted octanol–water partition coefficient (Wildman–Crippen LogP) is 1.46. The molecule has 10 heteroatoms. The number of carbonyl (C=O) groups is 5. The van der Waals surface area contributed by atoms with E-state index in [9.17, 15) is 24.0 Å². The van der Waals surface area contributed by atoms with E-state index in [2.05, 4.69) is 10.6 Å². The molecule has 0 unspecified atom stereocenters. The zero-order valence-electron chi connectivity index (χ0n) is 17.1. The van der Waals surface area contributed by atoms with E-state index >= 15 is 0 Å². The lowest BCUT2D eigenvalue weighted by molar-refractivity contribution is -0.147. The van der Waals surface area contributed by atoms with Crippen LogP contribution in [0.4, 0.5) is 10.5 Å². The van der Waals surface area contributed by atoms with Crippen LogP contribution in [-0.2, 0) is 23.9 Å². The second kappa shape index (κ2) is 9.86. The first-order chi connectivity index (χ1) is 14.1. The first-order valence-corrected chi connectivity index (χ1v) is 9.51. The molecule has 162 valence electrons. The molecular formula is C20H25N3O7. The van der Waals surface area contributed by atoms with Gasteiger partial charge in [0.25, 0.3) is 11.8 Å². The SMILES string of the molecule is CCOC(=O)c1ccc(NC(=O)COC(=O)CCCN2C(=O)NC(C)(C)C2=O)cc1. The second-order valence-corrected chi connectivity index (χ2v) is 7.12. The summed E-state index contributed by atoms with van der Waals surface area (Å²) >= 11 is 0. The van der Waals surface area contributed by atoms with Gasteiger partial charge in [-0.2, -0.15) is 0 Å². The van der Waals surface area contributed by atoms with E-state index < -0.39 is 36.0 Å². The average Bonchev–Trinajstić information content (AvgIpc) is 2.88. The minimum absolute atomic E-state index is 0.0427. The number of urea groups is 1.